The number of hydrogen-bond donors (Lipinski definition) is 1. The van der Waals surface area contributed by atoms with Gasteiger partial charge >= 0.3 is 0 Å². The number of hydrogen-bond acceptors (Lipinski definition) is 3. The lowest BCUT2D eigenvalue weighted by Gasteiger charge is -2.26. The van der Waals surface area contributed by atoms with E-state index in [1.807, 2.05) is 0 Å². The lowest BCUT2D eigenvalue weighted by molar-refractivity contribution is -0.187. The molecule has 0 aliphatic carbocycles. The van der Waals surface area contributed by atoms with Crippen LogP contribution in [0.25, 0.3) is 0 Å². The van der Waals surface area contributed by atoms with Crippen LogP contribution < -0.4 is 5.32 Å². The first-order chi connectivity index (χ1) is 7.93. The minimum absolute atomic E-state index is 0.877. The normalized spacial score (nSPS) is 20.5. The van der Waals surface area contributed by atoms with Crippen LogP contribution in [0.3, 0.4) is 0 Å². The molecule has 1 aromatic rings. The number of nitrogens with one attached hydrogen (secondary N) is 1. The van der Waals surface area contributed by atoms with Gasteiger partial charge in [0.25, 0.3) is 0 Å². The fraction of sp³-hybridized carbons (Fsp3) is 0.538. The minimum Gasteiger partial charge on any atom is -0.384 e. The van der Waals surface area contributed by atoms with E-state index >= 15 is 0 Å². The molecule has 0 amide bonds. The molecule has 2 aliphatic heterocycles. The number of fused-ring (bicyclic) bond motifs is 1. The molecule has 0 bridgehead atoms. The third-order valence-electron chi connectivity index (χ3n) is 3.36. The van der Waals surface area contributed by atoms with Crippen molar-refractivity contribution in [2.45, 2.75) is 25.8 Å². The number of hydroxylamine groups is 2. The van der Waals surface area contributed by atoms with Gasteiger partial charge in [0.2, 0.25) is 0 Å². The van der Waals surface area contributed by atoms with Crippen LogP contribution in [-0.2, 0) is 17.8 Å². The van der Waals surface area contributed by atoms with Gasteiger partial charge in [0.1, 0.15) is 0 Å². The summed E-state index contributed by atoms with van der Waals surface area (Å²) in [6.07, 6.45) is 3.61. The molecule has 86 valence electrons. The maximum atomic E-state index is 5.65. The lowest BCUT2D eigenvalue weighted by atomic mass is 10.1. The van der Waals surface area contributed by atoms with Gasteiger partial charge < -0.3 is 5.32 Å². The maximum absolute atomic E-state index is 5.65. The number of nitrogens with zero attached hydrogens (tertiary/aromatic N) is 1. The Bertz CT molecular complexity index is 372. The first kappa shape index (κ1) is 10.1. The van der Waals surface area contributed by atoms with Crippen molar-refractivity contribution in [3.63, 3.8) is 0 Å². The smallest absolute Gasteiger partial charge is 0.0685 e. The highest BCUT2D eigenvalue weighted by atomic mass is 16.7. The van der Waals surface area contributed by atoms with E-state index in [0.29, 0.717) is 0 Å². The minimum atomic E-state index is 0.877. The first-order valence-corrected chi connectivity index (χ1v) is 6.16. The fourth-order valence-corrected chi connectivity index (χ4v) is 2.51. The molecule has 0 atom stereocenters. The summed E-state index contributed by atoms with van der Waals surface area (Å²) in [7, 11) is 0. The number of benzene rings is 1. The van der Waals surface area contributed by atoms with Crippen LogP contribution in [0.15, 0.2) is 18.2 Å². The molecular formula is C13H18N2O. The molecule has 1 fully saturated rings. The average Bonchev–Trinajstić information content (AvgIpc) is 2.80. The first-order valence-electron chi connectivity index (χ1n) is 6.16. The molecule has 0 radical (unpaired) electrons. The van der Waals surface area contributed by atoms with Gasteiger partial charge in [-0.25, -0.2) is 0 Å². The van der Waals surface area contributed by atoms with E-state index in [-0.39, 0.29) is 0 Å². The van der Waals surface area contributed by atoms with Crippen molar-refractivity contribution in [3.8, 4) is 0 Å². The summed E-state index contributed by atoms with van der Waals surface area (Å²) in [5.74, 6) is 0. The zero-order valence-corrected chi connectivity index (χ0v) is 9.54. The number of rotatable bonds is 2. The van der Waals surface area contributed by atoms with E-state index in [2.05, 4.69) is 28.6 Å². The molecule has 1 N–H and O–H groups in total. The Morgan fingerprint density at radius 1 is 1.31 bits per heavy atom. The molecule has 3 nitrogen and oxygen atoms in total. The predicted molar refractivity (Wildman–Crippen MR) is 64.2 cm³/mol. The SMILES string of the molecule is c1cc2c(c(CN3CCCCO3)c1)NCC2. The molecular weight excluding hydrogens is 200 g/mol. The summed E-state index contributed by atoms with van der Waals surface area (Å²) in [6, 6.07) is 6.58. The van der Waals surface area contributed by atoms with Gasteiger partial charge in [-0.2, -0.15) is 5.06 Å². The molecule has 1 aromatic carbocycles. The molecule has 0 spiro atoms. The summed E-state index contributed by atoms with van der Waals surface area (Å²) in [5.41, 5.74) is 4.17. The second-order valence-electron chi connectivity index (χ2n) is 4.53. The van der Waals surface area contributed by atoms with Gasteiger partial charge in [0.15, 0.2) is 0 Å². The molecule has 3 heteroatoms. The quantitative estimate of drug-likeness (QED) is 0.823. The molecule has 0 saturated carbocycles. The van der Waals surface area contributed by atoms with E-state index in [1.165, 1.54) is 29.7 Å². The lowest BCUT2D eigenvalue weighted by Crippen LogP contribution is -2.29. The summed E-state index contributed by atoms with van der Waals surface area (Å²) < 4.78 is 0. The van der Waals surface area contributed by atoms with Crippen molar-refractivity contribution < 1.29 is 4.84 Å². The topological polar surface area (TPSA) is 24.5 Å². The summed E-state index contributed by atoms with van der Waals surface area (Å²) >= 11 is 0. The van der Waals surface area contributed by atoms with Crippen molar-refractivity contribution in [2.24, 2.45) is 0 Å². The van der Waals surface area contributed by atoms with Crippen LogP contribution in [-0.4, -0.2) is 24.8 Å². The Hall–Kier alpha value is -1.06. The predicted octanol–water partition coefficient (Wildman–Crippen LogP) is 2.18. The summed E-state index contributed by atoms with van der Waals surface area (Å²) in [5, 5.41) is 5.57. The molecule has 0 unspecified atom stereocenters. The van der Waals surface area contributed by atoms with E-state index < -0.39 is 0 Å². The second kappa shape index (κ2) is 4.44. The van der Waals surface area contributed by atoms with Crippen LogP contribution in [0.1, 0.15) is 24.0 Å². The Balaban J connectivity index is 1.76. The Morgan fingerprint density at radius 3 is 3.19 bits per heavy atom. The zero-order chi connectivity index (χ0) is 10.8. The van der Waals surface area contributed by atoms with Crippen molar-refractivity contribution in [3.05, 3.63) is 29.3 Å². The molecule has 16 heavy (non-hydrogen) atoms. The Labute approximate surface area is 96.4 Å². The Kier molecular flexibility index (Phi) is 2.80. The highest BCUT2D eigenvalue weighted by molar-refractivity contribution is 5.61. The van der Waals surface area contributed by atoms with Gasteiger partial charge in [-0.05, 0) is 30.4 Å². The molecule has 2 heterocycles. The van der Waals surface area contributed by atoms with Crippen molar-refractivity contribution in [1.82, 2.24) is 5.06 Å². The average molecular weight is 218 g/mol. The van der Waals surface area contributed by atoms with Gasteiger partial charge in [0, 0.05) is 18.8 Å². The summed E-state index contributed by atoms with van der Waals surface area (Å²) in [6.45, 7) is 3.93. The third-order valence-corrected chi connectivity index (χ3v) is 3.36. The van der Waals surface area contributed by atoms with Crippen molar-refractivity contribution in [1.29, 1.82) is 0 Å². The molecule has 3 rings (SSSR count). The Morgan fingerprint density at radius 2 is 2.31 bits per heavy atom. The highest BCUT2D eigenvalue weighted by Gasteiger charge is 2.17. The van der Waals surface area contributed by atoms with Crippen LogP contribution in [0.4, 0.5) is 5.69 Å². The molecule has 0 aromatic heterocycles. The fourth-order valence-electron chi connectivity index (χ4n) is 2.51. The van der Waals surface area contributed by atoms with Crippen LogP contribution >= 0.6 is 0 Å². The van der Waals surface area contributed by atoms with E-state index in [0.717, 1.165) is 32.7 Å². The van der Waals surface area contributed by atoms with Gasteiger partial charge in [-0.15, -0.1) is 0 Å². The van der Waals surface area contributed by atoms with Crippen molar-refractivity contribution >= 4 is 5.69 Å². The van der Waals surface area contributed by atoms with Gasteiger partial charge in [0.05, 0.1) is 13.2 Å². The number of anilines is 1. The van der Waals surface area contributed by atoms with Crippen LogP contribution in [0.2, 0.25) is 0 Å². The van der Waals surface area contributed by atoms with E-state index in [9.17, 15) is 0 Å². The third kappa shape index (κ3) is 1.93. The summed E-state index contributed by atoms with van der Waals surface area (Å²) in [4.78, 5) is 5.65. The van der Waals surface area contributed by atoms with Crippen molar-refractivity contribution in [2.75, 3.05) is 25.0 Å². The standard InChI is InChI=1S/C13H18N2O/c1-2-9-16-15(8-1)10-12-5-3-4-11-6-7-14-13(11)12/h3-5,14H,1-2,6-10H2. The van der Waals surface area contributed by atoms with E-state index in [4.69, 9.17) is 4.84 Å². The second-order valence-corrected chi connectivity index (χ2v) is 4.53. The largest absolute Gasteiger partial charge is 0.384 e. The van der Waals surface area contributed by atoms with Crippen LogP contribution in [0, 0.1) is 0 Å². The monoisotopic (exact) mass is 218 g/mol. The highest BCUT2D eigenvalue weighted by Crippen LogP contribution is 2.27. The van der Waals surface area contributed by atoms with Gasteiger partial charge in [-0.1, -0.05) is 18.2 Å². The maximum Gasteiger partial charge on any atom is 0.0685 e. The number of para-hydroxylation sites is 1. The van der Waals surface area contributed by atoms with Gasteiger partial charge in [-0.3, -0.25) is 4.84 Å². The molecule has 1 saturated heterocycles. The zero-order valence-electron chi connectivity index (χ0n) is 9.54. The van der Waals surface area contributed by atoms with Crippen LogP contribution in [0.5, 0.6) is 0 Å². The molecule has 2 aliphatic rings. The van der Waals surface area contributed by atoms with E-state index in [1.54, 1.807) is 0 Å².